The number of aromatic nitrogens is 2. The first-order chi connectivity index (χ1) is 13.3. The Balaban J connectivity index is 1.44. The lowest BCUT2D eigenvalue weighted by atomic mass is 10.2. The minimum absolute atomic E-state index is 0.558. The van der Waals surface area contributed by atoms with Crippen molar-refractivity contribution in [3.63, 3.8) is 0 Å². The van der Waals surface area contributed by atoms with Crippen molar-refractivity contribution in [1.82, 2.24) is 19.6 Å². The molecular formula is C22H24N4O. The molecule has 0 aliphatic carbocycles. The largest absolute Gasteiger partial charge is 0.488 e. The number of ether oxygens (including phenoxy) is 1. The minimum Gasteiger partial charge on any atom is -0.488 e. The quantitative estimate of drug-likeness (QED) is 0.633. The summed E-state index contributed by atoms with van der Waals surface area (Å²) in [7, 11) is 0. The molecule has 1 aliphatic rings. The zero-order valence-corrected chi connectivity index (χ0v) is 15.4. The topological polar surface area (TPSA) is 33.5 Å². The van der Waals surface area contributed by atoms with Crippen molar-refractivity contribution in [2.75, 3.05) is 32.7 Å². The molecule has 2 aromatic carbocycles. The van der Waals surface area contributed by atoms with Crippen LogP contribution in [-0.2, 0) is 13.3 Å². The second-order valence-electron chi connectivity index (χ2n) is 6.85. The molecule has 27 heavy (non-hydrogen) atoms. The van der Waals surface area contributed by atoms with Crippen molar-refractivity contribution < 1.29 is 4.74 Å². The molecule has 2 heterocycles. The van der Waals surface area contributed by atoms with Crippen LogP contribution in [-0.4, -0.2) is 52.3 Å². The van der Waals surface area contributed by atoms with Gasteiger partial charge in [0.25, 0.3) is 0 Å². The van der Waals surface area contributed by atoms with Gasteiger partial charge < -0.3 is 4.74 Å². The highest BCUT2D eigenvalue weighted by Gasteiger charge is 2.17. The molecule has 4 rings (SSSR count). The van der Waals surface area contributed by atoms with Crippen LogP contribution >= 0.6 is 0 Å². The van der Waals surface area contributed by atoms with Crippen LogP contribution in [0.5, 0.6) is 5.75 Å². The van der Waals surface area contributed by atoms with Gasteiger partial charge in [-0.1, -0.05) is 42.3 Å². The van der Waals surface area contributed by atoms with Crippen molar-refractivity contribution >= 4 is 10.9 Å². The number of nitrogens with zero attached hydrogens (tertiary/aromatic N) is 4. The Morgan fingerprint density at radius 1 is 0.963 bits per heavy atom. The lowest BCUT2D eigenvalue weighted by Crippen LogP contribution is -2.46. The van der Waals surface area contributed by atoms with Crippen molar-refractivity contribution in [2.24, 2.45) is 0 Å². The first-order valence-electron chi connectivity index (χ1n) is 9.33. The maximum atomic E-state index is 6.06. The molecule has 3 aromatic rings. The van der Waals surface area contributed by atoms with Gasteiger partial charge in [0.05, 0.1) is 30.3 Å². The van der Waals surface area contributed by atoms with Gasteiger partial charge in [0.2, 0.25) is 0 Å². The lowest BCUT2D eigenvalue weighted by molar-refractivity contribution is 0.114. The van der Waals surface area contributed by atoms with Gasteiger partial charge in [-0.2, -0.15) is 5.10 Å². The Kier molecular flexibility index (Phi) is 5.38. The fourth-order valence-electron chi connectivity index (χ4n) is 3.46. The molecule has 1 aromatic heterocycles. The summed E-state index contributed by atoms with van der Waals surface area (Å²) in [4.78, 5) is 4.73. The smallest absolute Gasteiger partial charge is 0.130 e. The van der Waals surface area contributed by atoms with Crippen LogP contribution < -0.4 is 4.74 Å². The predicted molar refractivity (Wildman–Crippen MR) is 107 cm³/mol. The van der Waals surface area contributed by atoms with Crippen LogP contribution in [0.4, 0.5) is 0 Å². The molecule has 1 fully saturated rings. The third-order valence-electron chi connectivity index (χ3n) is 5.00. The van der Waals surface area contributed by atoms with E-state index in [0.29, 0.717) is 6.61 Å². The molecule has 0 amide bonds. The molecule has 0 spiro atoms. The molecule has 0 saturated carbocycles. The van der Waals surface area contributed by atoms with E-state index >= 15 is 0 Å². The van der Waals surface area contributed by atoms with E-state index in [1.165, 1.54) is 0 Å². The molecule has 0 unspecified atom stereocenters. The fraction of sp³-hybridized carbons (Fsp3) is 0.318. The molecule has 138 valence electrons. The van der Waals surface area contributed by atoms with E-state index < -0.39 is 0 Å². The summed E-state index contributed by atoms with van der Waals surface area (Å²) in [6, 6.07) is 16.4. The molecule has 0 N–H and O–H groups in total. The predicted octanol–water partition coefficient (Wildman–Crippen LogP) is 2.82. The summed E-state index contributed by atoms with van der Waals surface area (Å²) in [6.07, 6.45) is 7.32. The van der Waals surface area contributed by atoms with E-state index in [-0.39, 0.29) is 0 Å². The van der Waals surface area contributed by atoms with Gasteiger partial charge >= 0.3 is 0 Å². The van der Waals surface area contributed by atoms with Gasteiger partial charge in [-0.25, -0.2) is 0 Å². The number of piperazine rings is 1. The normalized spacial score (nSPS) is 15.7. The van der Waals surface area contributed by atoms with E-state index in [1.54, 1.807) is 0 Å². The Labute approximate surface area is 160 Å². The first kappa shape index (κ1) is 17.6. The van der Waals surface area contributed by atoms with Crippen molar-refractivity contribution in [3.8, 4) is 18.1 Å². The zero-order valence-electron chi connectivity index (χ0n) is 15.4. The average Bonchev–Trinajstić information content (AvgIpc) is 3.12. The second kappa shape index (κ2) is 8.26. The number of benzene rings is 2. The number of rotatable bonds is 6. The third-order valence-corrected chi connectivity index (χ3v) is 5.00. The van der Waals surface area contributed by atoms with Crippen molar-refractivity contribution in [1.29, 1.82) is 0 Å². The molecule has 0 radical (unpaired) electrons. The maximum Gasteiger partial charge on any atom is 0.130 e. The monoisotopic (exact) mass is 360 g/mol. The third kappa shape index (κ3) is 4.13. The van der Waals surface area contributed by atoms with Gasteiger partial charge in [-0.05, 0) is 17.7 Å². The number of terminal acetylenes is 1. The highest BCUT2D eigenvalue weighted by atomic mass is 16.5. The molecule has 1 saturated heterocycles. The molecule has 0 atom stereocenters. The van der Waals surface area contributed by atoms with Crippen LogP contribution in [0.3, 0.4) is 0 Å². The van der Waals surface area contributed by atoms with Crippen LogP contribution in [0, 0.1) is 12.3 Å². The maximum absolute atomic E-state index is 6.06. The Hall–Kier alpha value is -2.81. The highest BCUT2D eigenvalue weighted by Crippen LogP contribution is 2.26. The lowest BCUT2D eigenvalue weighted by Gasteiger charge is -2.33. The van der Waals surface area contributed by atoms with Gasteiger partial charge in [0.1, 0.15) is 12.4 Å². The van der Waals surface area contributed by atoms with E-state index in [4.69, 9.17) is 11.2 Å². The summed E-state index contributed by atoms with van der Waals surface area (Å²) in [5.41, 5.74) is 2.26. The molecular weight excluding hydrogens is 336 g/mol. The summed E-state index contributed by atoms with van der Waals surface area (Å²) in [5.74, 6) is 3.60. The summed E-state index contributed by atoms with van der Waals surface area (Å²) in [6.45, 7) is 6.11. The van der Waals surface area contributed by atoms with E-state index in [9.17, 15) is 0 Å². The SMILES string of the molecule is C#CCN1CCN(Cn2ncc3c(OCc4ccccc4)cccc32)CC1. The number of fused-ring (bicyclic) bond motifs is 1. The molecule has 1 aliphatic heterocycles. The van der Waals surface area contributed by atoms with Crippen LogP contribution in [0.15, 0.2) is 54.7 Å². The van der Waals surface area contributed by atoms with Crippen LogP contribution in [0.1, 0.15) is 5.56 Å². The fourth-order valence-corrected chi connectivity index (χ4v) is 3.46. The Bertz CT molecular complexity index is 920. The molecule has 5 nitrogen and oxygen atoms in total. The van der Waals surface area contributed by atoms with Gasteiger partial charge in [0.15, 0.2) is 0 Å². The Morgan fingerprint density at radius 3 is 2.52 bits per heavy atom. The van der Waals surface area contributed by atoms with E-state index in [0.717, 1.165) is 61.6 Å². The molecule has 5 heteroatoms. The highest BCUT2D eigenvalue weighted by molar-refractivity contribution is 5.85. The van der Waals surface area contributed by atoms with Crippen LogP contribution in [0.25, 0.3) is 10.9 Å². The van der Waals surface area contributed by atoms with E-state index in [1.807, 2.05) is 36.5 Å². The summed E-state index contributed by atoms with van der Waals surface area (Å²) >= 11 is 0. The van der Waals surface area contributed by atoms with E-state index in [2.05, 4.69) is 43.7 Å². The standard InChI is InChI=1S/C22H24N4O/c1-2-11-24-12-14-25(15-13-24)18-26-21-9-6-10-22(20(21)16-23-26)27-17-19-7-4-3-5-8-19/h1,3-10,16H,11-15,17-18H2. The number of hydrogen-bond donors (Lipinski definition) is 0. The Morgan fingerprint density at radius 2 is 1.74 bits per heavy atom. The first-order valence-corrected chi connectivity index (χ1v) is 9.33. The minimum atomic E-state index is 0.558. The summed E-state index contributed by atoms with van der Waals surface area (Å²) in [5, 5.41) is 5.66. The van der Waals surface area contributed by atoms with Gasteiger partial charge in [-0.3, -0.25) is 14.5 Å². The van der Waals surface area contributed by atoms with Crippen molar-refractivity contribution in [3.05, 3.63) is 60.3 Å². The summed E-state index contributed by atoms with van der Waals surface area (Å²) < 4.78 is 8.11. The van der Waals surface area contributed by atoms with Gasteiger partial charge in [0, 0.05) is 26.2 Å². The number of hydrogen-bond acceptors (Lipinski definition) is 4. The van der Waals surface area contributed by atoms with Crippen molar-refractivity contribution in [2.45, 2.75) is 13.3 Å². The van der Waals surface area contributed by atoms with Gasteiger partial charge in [-0.15, -0.1) is 6.42 Å². The molecule has 0 bridgehead atoms. The zero-order chi connectivity index (χ0) is 18.5. The van der Waals surface area contributed by atoms with Crippen LogP contribution in [0.2, 0.25) is 0 Å². The second-order valence-corrected chi connectivity index (χ2v) is 6.85. The average molecular weight is 360 g/mol.